The largest absolute Gasteiger partial charge is 0.496 e. The van der Waals surface area contributed by atoms with Crippen LogP contribution in [0.1, 0.15) is 6.42 Å². The van der Waals surface area contributed by atoms with Crippen LogP contribution in [-0.4, -0.2) is 42.9 Å². The van der Waals surface area contributed by atoms with Crippen LogP contribution in [0.3, 0.4) is 0 Å². The lowest BCUT2D eigenvalue weighted by Gasteiger charge is -2.12. The Morgan fingerprint density at radius 3 is 2.33 bits per heavy atom. The van der Waals surface area contributed by atoms with Gasteiger partial charge in [0.15, 0.2) is 11.5 Å². The van der Waals surface area contributed by atoms with E-state index in [4.69, 9.17) is 19.9 Å². The number of aromatic nitrogens is 3. The van der Waals surface area contributed by atoms with Crippen molar-refractivity contribution in [1.82, 2.24) is 15.0 Å². The normalized spacial score (nSPS) is 10.5. The first-order valence-corrected chi connectivity index (χ1v) is 6.64. The molecular weight excluding hydrogens is 272 g/mol. The topological polar surface area (TPSA) is 84.4 Å². The van der Waals surface area contributed by atoms with E-state index in [1.807, 2.05) is 12.3 Å². The van der Waals surface area contributed by atoms with Gasteiger partial charge in [-0.3, -0.25) is 4.68 Å². The van der Waals surface area contributed by atoms with Gasteiger partial charge in [0, 0.05) is 18.2 Å². The number of aryl methyl sites for hydroxylation is 1. The van der Waals surface area contributed by atoms with E-state index in [1.54, 1.807) is 32.1 Å². The van der Waals surface area contributed by atoms with E-state index >= 15 is 0 Å². The highest BCUT2D eigenvalue weighted by Crippen LogP contribution is 2.39. The lowest BCUT2D eigenvalue weighted by Crippen LogP contribution is -2.06. The van der Waals surface area contributed by atoms with Crippen molar-refractivity contribution in [2.45, 2.75) is 13.0 Å². The summed E-state index contributed by atoms with van der Waals surface area (Å²) in [5.74, 6) is 1.87. The highest BCUT2D eigenvalue weighted by atomic mass is 16.5. The average molecular weight is 292 g/mol. The van der Waals surface area contributed by atoms with Crippen LogP contribution in [0.5, 0.6) is 17.2 Å². The Morgan fingerprint density at radius 1 is 1.05 bits per heavy atom. The van der Waals surface area contributed by atoms with Crippen molar-refractivity contribution in [3.05, 3.63) is 18.3 Å². The Morgan fingerprint density at radius 2 is 1.71 bits per heavy atom. The molecule has 2 aromatic rings. The van der Waals surface area contributed by atoms with Crippen LogP contribution in [0.2, 0.25) is 0 Å². The van der Waals surface area contributed by atoms with Gasteiger partial charge in [0.2, 0.25) is 0 Å². The fraction of sp³-hybridized carbons (Fsp3) is 0.429. The second-order valence-electron chi connectivity index (χ2n) is 4.42. The van der Waals surface area contributed by atoms with E-state index in [1.165, 1.54) is 0 Å². The SMILES string of the molecule is COc1cc(OC)c(-c2cn(CCCN)nn2)cc1OC. The van der Waals surface area contributed by atoms with Crippen LogP contribution in [0.15, 0.2) is 18.3 Å². The average Bonchev–Trinajstić information content (AvgIpc) is 3.00. The fourth-order valence-corrected chi connectivity index (χ4v) is 2.01. The van der Waals surface area contributed by atoms with Crippen LogP contribution in [0.4, 0.5) is 0 Å². The number of rotatable bonds is 7. The van der Waals surface area contributed by atoms with Gasteiger partial charge in [-0.2, -0.15) is 0 Å². The van der Waals surface area contributed by atoms with Crippen molar-refractivity contribution in [2.75, 3.05) is 27.9 Å². The summed E-state index contributed by atoms with van der Waals surface area (Å²) < 4.78 is 17.7. The van der Waals surface area contributed by atoms with Gasteiger partial charge in [0.1, 0.15) is 11.4 Å². The number of hydrogen-bond donors (Lipinski definition) is 1. The highest BCUT2D eigenvalue weighted by Gasteiger charge is 2.15. The molecule has 21 heavy (non-hydrogen) atoms. The Kier molecular flexibility index (Phi) is 4.99. The lowest BCUT2D eigenvalue weighted by atomic mass is 10.1. The monoisotopic (exact) mass is 292 g/mol. The molecule has 0 saturated heterocycles. The van der Waals surface area contributed by atoms with E-state index in [0.717, 1.165) is 18.5 Å². The molecule has 114 valence electrons. The molecule has 0 saturated carbocycles. The van der Waals surface area contributed by atoms with Crippen LogP contribution in [0, 0.1) is 0 Å². The van der Waals surface area contributed by atoms with Crippen molar-refractivity contribution >= 4 is 0 Å². The maximum Gasteiger partial charge on any atom is 0.164 e. The Hall–Kier alpha value is -2.28. The zero-order chi connectivity index (χ0) is 15.2. The molecule has 0 amide bonds. The Labute approximate surface area is 123 Å². The molecule has 0 bridgehead atoms. The molecule has 1 aromatic carbocycles. The molecule has 2 N–H and O–H groups in total. The molecule has 0 atom stereocenters. The van der Waals surface area contributed by atoms with Gasteiger partial charge in [0.05, 0.1) is 27.5 Å². The predicted molar refractivity (Wildman–Crippen MR) is 78.8 cm³/mol. The van der Waals surface area contributed by atoms with Crippen LogP contribution >= 0.6 is 0 Å². The van der Waals surface area contributed by atoms with Gasteiger partial charge in [-0.15, -0.1) is 5.10 Å². The maximum atomic E-state index is 5.50. The first-order chi connectivity index (χ1) is 10.2. The van der Waals surface area contributed by atoms with Gasteiger partial charge >= 0.3 is 0 Å². The molecule has 0 aliphatic rings. The molecule has 7 heteroatoms. The summed E-state index contributed by atoms with van der Waals surface area (Å²) in [7, 11) is 4.77. The minimum Gasteiger partial charge on any atom is -0.496 e. The summed E-state index contributed by atoms with van der Waals surface area (Å²) in [4.78, 5) is 0. The number of nitrogens with zero attached hydrogens (tertiary/aromatic N) is 3. The maximum absolute atomic E-state index is 5.50. The van der Waals surface area contributed by atoms with E-state index in [0.29, 0.717) is 29.5 Å². The quantitative estimate of drug-likeness (QED) is 0.828. The number of benzene rings is 1. The molecule has 0 aliphatic heterocycles. The zero-order valence-electron chi connectivity index (χ0n) is 12.5. The summed E-state index contributed by atoms with van der Waals surface area (Å²) in [5.41, 5.74) is 7.01. The standard InChI is InChI=1S/C14H20N4O3/c1-19-12-8-14(21-3)13(20-2)7-10(12)11-9-18(17-16-11)6-4-5-15/h7-9H,4-6,15H2,1-3H3. The fourth-order valence-electron chi connectivity index (χ4n) is 2.01. The number of nitrogens with two attached hydrogens (primary N) is 1. The van der Waals surface area contributed by atoms with Crippen molar-refractivity contribution in [3.63, 3.8) is 0 Å². The van der Waals surface area contributed by atoms with Gasteiger partial charge in [0.25, 0.3) is 0 Å². The van der Waals surface area contributed by atoms with Gasteiger partial charge in [-0.05, 0) is 19.0 Å². The van der Waals surface area contributed by atoms with Crippen molar-refractivity contribution < 1.29 is 14.2 Å². The molecule has 1 aromatic heterocycles. The van der Waals surface area contributed by atoms with E-state index in [-0.39, 0.29) is 0 Å². The third-order valence-electron chi connectivity index (χ3n) is 3.11. The van der Waals surface area contributed by atoms with Crippen molar-refractivity contribution in [2.24, 2.45) is 5.73 Å². The molecule has 1 heterocycles. The Bertz CT molecular complexity index is 598. The number of ether oxygens (including phenoxy) is 3. The molecular formula is C14H20N4O3. The third-order valence-corrected chi connectivity index (χ3v) is 3.11. The van der Waals surface area contributed by atoms with E-state index < -0.39 is 0 Å². The van der Waals surface area contributed by atoms with Gasteiger partial charge < -0.3 is 19.9 Å². The molecule has 0 unspecified atom stereocenters. The second kappa shape index (κ2) is 6.94. The van der Waals surface area contributed by atoms with E-state index in [2.05, 4.69) is 10.3 Å². The third kappa shape index (κ3) is 3.25. The van der Waals surface area contributed by atoms with E-state index in [9.17, 15) is 0 Å². The molecule has 0 radical (unpaired) electrons. The zero-order valence-corrected chi connectivity index (χ0v) is 12.5. The highest BCUT2D eigenvalue weighted by molar-refractivity contribution is 5.71. The summed E-state index contributed by atoms with van der Waals surface area (Å²) in [6.45, 7) is 1.36. The molecule has 0 spiro atoms. The lowest BCUT2D eigenvalue weighted by molar-refractivity contribution is 0.349. The van der Waals surface area contributed by atoms with Crippen LogP contribution in [-0.2, 0) is 6.54 Å². The molecule has 2 rings (SSSR count). The first kappa shape index (κ1) is 15.1. The summed E-state index contributed by atoms with van der Waals surface area (Å²) in [6, 6.07) is 3.60. The molecule has 7 nitrogen and oxygen atoms in total. The predicted octanol–water partition coefficient (Wildman–Crippen LogP) is 1.32. The van der Waals surface area contributed by atoms with Crippen molar-refractivity contribution in [1.29, 1.82) is 0 Å². The second-order valence-corrected chi connectivity index (χ2v) is 4.42. The van der Waals surface area contributed by atoms with Crippen molar-refractivity contribution in [3.8, 4) is 28.5 Å². The molecule has 0 fully saturated rings. The minimum absolute atomic E-state index is 0.605. The number of methoxy groups -OCH3 is 3. The Balaban J connectivity index is 2.39. The summed E-state index contributed by atoms with van der Waals surface area (Å²) in [6.07, 6.45) is 2.71. The smallest absolute Gasteiger partial charge is 0.164 e. The van der Waals surface area contributed by atoms with Crippen LogP contribution < -0.4 is 19.9 Å². The van der Waals surface area contributed by atoms with Crippen LogP contribution in [0.25, 0.3) is 11.3 Å². The molecule has 0 aliphatic carbocycles. The summed E-state index contributed by atoms with van der Waals surface area (Å²) >= 11 is 0. The minimum atomic E-state index is 0.605. The first-order valence-electron chi connectivity index (χ1n) is 6.64. The number of hydrogen-bond acceptors (Lipinski definition) is 6. The van der Waals surface area contributed by atoms with Gasteiger partial charge in [-0.25, -0.2) is 0 Å². The summed E-state index contributed by atoms with van der Waals surface area (Å²) in [5, 5.41) is 8.26. The van der Waals surface area contributed by atoms with Gasteiger partial charge in [-0.1, -0.05) is 5.21 Å².